The average molecular weight is 1010 g/mol. The first-order chi connectivity index (χ1) is 30.6. The van der Waals surface area contributed by atoms with Gasteiger partial charge in [0.2, 0.25) is 20.0 Å². The van der Waals surface area contributed by atoms with Gasteiger partial charge in [0, 0.05) is 39.8 Å². The van der Waals surface area contributed by atoms with Crippen LogP contribution in [0.5, 0.6) is 0 Å². The molecule has 2 heterocycles. The number of sulfone groups is 2. The number of anilines is 8. The molecule has 18 nitrogen and oxygen atoms in total. The molecular formula is C41H48Cl2N10O8S4. The molecule has 0 saturated heterocycles. The summed E-state index contributed by atoms with van der Waals surface area (Å²) in [4.78, 5) is 16.3. The first-order valence-electron chi connectivity index (χ1n) is 19.4. The molecule has 2 aromatic heterocycles. The highest BCUT2D eigenvalue weighted by Crippen LogP contribution is 2.31. The number of aromatic nitrogens is 4. The number of halogens is 2. The van der Waals surface area contributed by atoms with Gasteiger partial charge < -0.3 is 21.3 Å². The van der Waals surface area contributed by atoms with Crippen molar-refractivity contribution in [3.8, 4) is 0 Å². The fourth-order valence-electron chi connectivity index (χ4n) is 5.53. The number of rotatable bonds is 16. The molecule has 0 atom stereocenters. The van der Waals surface area contributed by atoms with Gasteiger partial charge in [0.05, 0.1) is 36.7 Å². The van der Waals surface area contributed by atoms with Crippen LogP contribution in [0.2, 0.25) is 10.0 Å². The Labute approximate surface area is 390 Å². The fourth-order valence-corrected chi connectivity index (χ4v) is 9.90. The maximum absolute atomic E-state index is 13.0. The van der Waals surface area contributed by atoms with Gasteiger partial charge in [-0.25, -0.2) is 63.1 Å². The molecule has 6 aromatic rings. The van der Waals surface area contributed by atoms with E-state index >= 15 is 0 Å². The number of nitrogens with zero attached hydrogens (tertiary/aromatic N) is 4. The van der Waals surface area contributed by atoms with E-state index in [4.69, 9.17) is 23.2 Å². The fraction of sp³-hybridized carbons (Fsp3) is 0.220. The van der Waals surface area contributed by atoms with E-state index in [2.05, 4.69) is 50.6 Å². The van der Waals surface area contributed by atoms with Gasteiger partial charge in [-0.3, -0.25) is 0 Å². The second kappa shape index (κ2) is 22.6. The molecule has 0 fully saturated rings. The van der Waals surface area contributed by atoms with E-state index in [9.17, 15) is 33.7 Å². The first-order valence-corrected chi connectivity index (χ1v) is 26.7. The predicted molar refractivity (Wildman–Crippen MR) is 257 cm³/mol. The third-order valence-corrected chi connectivity index (χ3v) is 15.1. The van der Waals surface area contributed by atoms with Crippen LogP contribution < -0.4 is 30.7 Å². The topological polar surface area (TPSA) is 260 Å². The lowest BCUT2D eigenvalue weighted by Crippen LogP contribution is -2.19. The van der Waals surface area contributed by atoms with Crippen LogP contribution in [0.1, 0.15) is 27.7 Å². The Bertz CT molecular complexity index is 3040. The predicted octanol–water partition coefficient (Wildman–Crippen LogP) is 7.91. The van der Waals surface area contributed by atoms with Gasteiger partial charge in [0.25, 0.3) is 0 Å². The second-order valence-corrected chi connectivity index (χ2v) is 22.4. The van der Waals surface area contributed by atoms with Crippen molar-refractivity contribution in [1.29, 1.82) is 0 Å². The first kappa shape index (κ1) is 52.2. The molecule has 6 N–H and O–H groups in total. The van der Waals surface area contributed by atoms with Crippen molar-refractivity contribution >= 4 is 109 Å². The van der Waals surface area contributed by atoms with Crippen LogP contribution in [0.25, 0.3) is 0 Å². The van der Waals surface area contributed by atoms with Crippen LogP contribution in [-0.4, -0.2) is 79.7 Å². The van der Waals surface area contributed by atoms with Crippen molar-refractivity contribution in [3.63, 3.8) is 0 Å². The molecule has 4 aromatic carbocycles. The molecule has 24 heteroatoms. The lowest BCUT2D eigenvalue weighted by atomic mass is 10.3. The lowest BCUT2D eigenvalue weighted by Gasteiger charge is -2.15. The third-order valence-electron chi connectivity index (χ3n) is 8.44. The van der Waals surface area contributed by atoms with Crippen LogP contribution in [0.15, 0.2) is 129 Å². The molecule has 0 bridgehead atoms. The Hall–Kier alpha value is -5.46. The minimum Gasteiger partial charge on any atom is -0.340 e. The van der Waals surface area contributed by atoms with Crippen LogP contribution >= 0.6 is 23.2 Å². The molecule has 6 rings (SSSR count). The summed E-state index contributed by atoms with van der Waals surface area (Å²) < 4.78 is 103. The summed E-state index contributed by atoms with van der Waals surface area (Å²) >= 11 is 11.8. The van der Waals surface area contributed by atoms with Gasteiger partial charge in [-0.1, -0.05) is 50.9 Å². The Kier molecular flexibility index (Phi) is 18.2. The highest BCUT2D eigenvalue weighted by molar-refractivity contribution is 7.92. The largest absolute Gasteiger partial charge is 0.340 e. The summed E-state index contributed by atoms with van der Waals surface area (Å²) in [6.45, 7) is 7.59. The summed E-state index contributed by atoms with van der Waals surface area (Å²) in [6, 6.07) is 24.6. The normalized spacial score (nSPS) is 11.7. The van der Waals surface area contributed by atoms with Gasteiger partial charge in [-0.05, 0) is 105 Å². The Morgan fingerprint density at radius 2 is 0.862 bits per heavy atom. The number of sulfonamides is 2. The second-order valence-electron chi connectivity index (χ2n) is 13.8. The lowest BCUT2D eigenvalue weighted by molar-refractivity contribution is 0.580. The molecule has 65 heavy (non-hydrogen) atoms. The van der Waals surface area contributed by atoms with Crippen LogP contribution in [0.3, 0.4) is 0 Å². The molecule has 0 amide bonds. The summed E-state index contributed by atoms with van der Waals surface area (Å²) in [7, 11) is -12.3. The Balaban J connectivity index is 0.000000275. The van der Waals surface area contributed by atoms with Crippen molar-refractivity contribution in [2.24, 2.45) is 5.92 Å². The minimum absolute atomic E-state index is 0.0166. The van der Waals surface area contributed by atoms with E-state index in [0.29, 0.717) is 21.7 Å². The van der Waals surface area contributed by atoms with E-state index in [1.165, 1.54) is 63.1 Å². The molecule has 0 aliphatic rings. The van der Waals surface area contributed by atoms with Gasteiger partial charge in [0.1, 0.15) is 35.9 Å². The minimum atomic E-state index is -3.79. The third kappa shape index (κ3) is 15.0. The summed E-state index contributed by atoms with van der Waals surface area (Å²) in [5.41, 5.74) is 1.66. The van der Waals surface area contributed by atoms with Crippen LogP contribution in [0, 0.1) is 5.92 Å². The molecule has 0 aliphatic heterocycles. The number of benzene rings is 4. The summed E-state index contributed by atoms with van der Waals surface area (Å²) in [6.07, 6.45) is 3.62. The zero-order valence-corrected chi connectivity index (χ0v) is 40.9. The van der Waals surface area contributed by atoms with Crippen molar-refractivity contribution in [2.75, 3.05) is 47.4 Å². The zero-order valence-electron chi connectivity index (χ0n) is 36.1. The van der Waals surface area contributed by atoms with Gasteiger partial charge in [-0.2, -0.15) is 0 Å². The smallest absolute Gasteiger partial charge is 0.240 e. The van der Waals surface area contributed by atoms with E-state index < -0.39 is 39.7 Å². The van der Waals surface area contributed by atoms with E-state index in [-0.39, 0.29) is 54.3 Å². The van der Waals surface area contributed by atoms with E-state index in [1.54, 1.807) is 74.5 Å². The number of hydrogen-bond donors (Lipinski definition) is 6. The molecule has 0 spiro atoms. The molecule has 0 radical (unpaired) electrons. The van der Waals surface area contributed by atoms with Crippen LogP contribution in [0.4, 0.5) is 46.0 Å². The van der Waals surface area contributed by atoms with Crippen molar-refractivity contribution in [3.05, 3.63) is 120 Å². The molecular weight excluding hydrogens is 960 g/mol. The van der Waals surface area contributed by atoms with Gasteiger partial charge in [0.15, 0.2) is 19.7 Å². The molecule has 0 saturated carbocycles. The van der Waals surface area contributed by atoms with Crippen LogP contribution in [-0.2, 0) is 39.7 Å². The van der Waals surface area contributed by atoms with Crippen molar-refractivity contribution in [2.45, 2.75) is 47.3 Å². The highest BCUT2D eigenvalue weighted by atomic mass is 35.5. The Morgan fingerprint density at radius 3 is 1.22 bits per heavy atom. The SMILES string of the molecule is CC.CNS(=O)(=O)c1ccc(S(=O)(=O)CC(C)C)c(Nc2cc(Nc3ccc(Cl)cc3)ncn2)c1.CNS(=O)(=O)c1ccc(S(C)(=O)=O)c(Nc2cc(Nc3ccc(Cl)cc3)ncn2)c1. The average Bonchev–Trinajstić information content (AvgIpc) is 3.25. The number of nitrogens with one attached hydrogen (secondary N) is 6. The van der Waals surface area contributed by atoms with Crippen molar-refractivity contribution in [1.82, 2.24) is 29.4 Å². The summed E-state index contributed by atoms with van der Waals surface area (Å²) in [5, 5.41) is 13.2. The summed E-state index contributed by atoms with van der Waals surface area (Å²) in [5.74, 6) is 1.23. The quantitative estimate of drug-likeness (QED) is 0.0538. The molecule has 348 valence electrons. The molecule has 0 aliphatic carbocycles. The standard InChI is InChI=1S/C21H24ClN5O4S2.C18H18ClN5O4S2.C2H6/c1-14(2)12-32(28,29)19-9-8-17(33(30,31)23-3)10-18(19)27-21-11-20(24-13-25-21)26-16-6-4-15(22)5-7-16;1-20-30(27,28)14-7-8-16(29(2,25)26)15(9-14)24-18-10-17(21-11-22-18)23-13-5-3-12(19)4-6-13;1-2/h4-11,13-14,23H,12H2,1-3H3,(H2,24,25,26,27);3-11,20H,1-2H3,(H2,21,22,23,24);1-2H3. The highest BCUT2D eigenvalue weighted by Gasteiger charge is 2.24. The maximum Gasteiger partial charge on any atom is 0.240 e. The maximum atomic E-state index is 13.0. The van der Waals surface area contributed by atoms with Gasteiger partial charge in [-0.15, -0.1) is 0 Å². The zero-order chi connectivity index (χ0) is 48.2. The monoisotopic (exact) mass is 1010 g/mol. The van der Waals surface area contributed by atoms with E-state index in [0.717, 1.165) is 17.6 Å². The molecule has 0 unspecified atom stereocenters. The van der Waals surface area contributed by atoms with E-state index in [1.807, 2.05) is 13.8 Å². The van der Waals surface area contributed by atoms with Crippen molar-refractivity contribution < 1.29 is 33.7 Å². The Morgan fingerprint density at radius 1 is 0.508 bits per heavy atom. The van der Waals surface area contributed by atoms with Gasteiger partial charge >= 0.3 is 0 Å². The number of hydrogen-bond acceptors (Lipinski definition) is 16.